The Morgan fingerprint density at radius 3 is 2.62 bits per heavy atom. The molecule has 1 heterocycles. The summed E-state index contributed by atoms with van der Waals surface area (Å²) in [5.74, 6) is 1.50. The van der Waals surface area contributed by atoms with Crippen LogP contribution < -0.4 is 10.6 Å². The number of hydrogen-bond acceptors (Lipinski definition) is 3. The predicted octanol–water partition coefficient (Wildman–Crippen LogP) is 1.88. The van der Waals surface area contributed by atoms with Gasteiger partial charge in [-0.3, -0.25) is 4.79 Å². The minimum absolute atomic E-state index is 0.0788. The van der Waals surface area contributed by atoms with E-state index >= 15 is 0 Å². The van der Waals surface area contributed by atoms with E-state index in [-0.39, 0.29) is 11.9 Å². The Kier molecular flexibility index (Phi) is 5.11. The van der Waals surface area contributed by atoms with E-state index in [0.29, 0.717) is 24.0 Å². The van der Waals surface area contributed by atoms with E-state index in [9.17, 15) is 4.79 Å². The Labute approximate surface area is 124 Å². The molecule has 0 saturated heterocycles. The first-order chi connectivity index (χ1) is 10.1. The molecule has 3 N–H and O–H groups in total. The number of amides is 1. The van der Waals surface area contributed by atoms with Gasteiger partial charge in [0.25, 0.3) is 5.91 Å². The summed E-state index contributed by atoms with van der Waals surface area (Å²) in [6.07, 6.45) is 0. The number of aryl methyl sites for hydroxylation is 1. The van der Waals surface area contributed by atoms with Gasteiger partial charge in [0, 0.05) is 17.5 Å². The normalized spacial score (nSPS) is 12.4. The number of aromatic nitrogens is 1. The van der Waals surface area contributed by atoms with Gasteiger partial charge in [-0.05, 0) is 6.92 Å². The van der Waals surface area contributed by atoms with E-state index in [1.165, 1.54) is 5.56 Å². The van der Waals surface area contributed by atoms with Gasteiger partial charge in [0.05, 0.1) is 0 Å². The van der Waals surface area contributed by atoms with Crippen LogP contribution in [0.25, 0.3) is 0 Å². The summed E-state index contributed by atoms with van der Waals surface area (Å²) >= 11 is 0. The fourth-order valence-electron chi connectivity index (χ4n) is 2.32. The summed E-state index contributed by atoms with van der Waals surface area (Å²) < 4.78 is 4.92. The van der Waals surface area contributed by atoms with Crippen molar-refractivity contribution in [2.45, 2.75) is 26.8 Å². The van der Waals surface area contributed by atoms with Crippen LogP contribution in [0.2, 0.25) is 0 Å². The number of rotatable bonds is 6. The number of carbonyl (C=O) groups is 1. The smallest absolute Gasteiger partial charge is 0.280 e. The lowest BCUT2D eigenvalue weighted by Crippen LogP contribution is -2.88. The molecule has 1 aromatic heterocycles. The standard InChI is InChI=1S/C16H21N3O2/c1-11(2)16(13-7-5-4-6-8-13)17-10-15(20)18-14-9-12(3)21-19-14/h4-9,11,16-17H,10H2,1-3H3,(H,18,19,20)/p+1/t16-/m0/s1. The number of hydrogen-bond donors (Lipinski definition) is 2. The van der Waals surface area contributed by atoms with Crippen LogP contribution in [0.5, 0.6) is 0 Å². The minimum Gasteiger partial charge on any atom is -0.360 e. The molecule has 1 atom stereocenters. The van der Waals surface area contributed by atoms with E-state index in [0.717, 1.165) is 0 Å². The highest BCUT2D eigenvalue weighted by molar-refractivity contribution is 5.90. The molecule has 112 valence electrons. The molecule has 0 aliphatic rings. The van der Waals surface area contributed by atoms with Crippen LogP contribution in [0.4, 0.5) is 5.82 Å². The summed E-state index contributed by atoms with van der Waals surface area (Å²) in [6, 6.07) is 12.2. The zero-order chi connectivity index (χ0) is 15.2. The summed E-state index contributed by atoms with van der Waals surface area (Å²) in [7, 11) is 0. The zero-order valence-electron chi connectivity index (χ0n) is 12.7. The van der Waals surface area contributed by atoms with E-state index < -0.39 is 0 Å². The molecule has 0 radical (unpaired) electrons. The molecule has 1 aromatic carbocycles. The highest BCUT2D eigenvalue weighted by atomic mass is 16.5. The third-order valence-corrected chi connectivity index (χ3v) is 3.36. The van der Waals surface area contributed by atoms with Crippen molar-refractivity contribution in [3.8, 4) is 0 Å². The Morgan fingerprint density at radius 1 is 1.33 bits per heavy atom. The van der Waals surface area contributed by atoms with E-state index in [1.54, 1.807) is 13.0 Å². The maximum atomic E-state index is 12.0. The van der Waals surface area contributed by atoms with Crippen molar-refractivity contribution < 1.29 is 14.6 Å². The van der Waals surface area contributed by atoms with E-state index in [2.05, 4.69) is 41.8 Å². The number of anilines is 1. The Morgan fingerprint density at radius 2 is 2.05 bits per heavy atom. The lowest BCUT2D eigenvalue weighted by atomic mass is 9.96. The SMILES string of the molecule is Cc1cc(NC(=O)C[NH2+][C@H](c2ccccc2)C(C)C)no1. The first kappa shape index (κ1) is 15.3. The number of nitrogens with two attached hydrogens (primary N) is 1. The largest absolute Gasteiger partial charge is 0.360 e. The first-order valence-electron chi connectivity index (χ1n) is 7.17. The molecular formula is C16H22N3O2+. The van der Waals surface area contributed by atoms with Gasteiger partial charge in [0.15, 0.2) is 12.4 Å². The monoisotopic (exact) mass is 288 g/mol. The minimum atomic E-state index is -0.0788. The molecule has 21 heavy (non-hydrogen) atoms. The highest BCUT2D eigenvalue weighted by Gasteiger charge is 2.20. The molecule has 0 fully saturated rings. The predicted molar refractivity (Wildman–Crippen MR) is 80.7 cm³/mol. The first-order valence-corrected chi connectivity index (χ1v) is 7.17. The van der Waals surface area contributed by atoms with Crippen molar-refractivity contribution >= 4 is 11.7 Å². The Hall–Kier alpha value is -2.14. The topological polar surface area (TPSA) is 71.7 Å². The van der Waals surface area contributed by atoms with Crippen molar-refractivity contribution in [2.24, 2.45) is 5.92 Å². The molecule has 0 saturated carbocycles. The third kappa shape index (κ3) is 4.43. The zero-order valence-corrected chi connectivity index (χ0v) is 12.7. The van der Waals surface area contributed by atoms with Crippen LogP contribution in [0.1, 0.15) is 31.2 Å². The number of nitrogens with zero attached hydrogens (tertiary/aromatic N) is 1. The summed E-state index contributed by atoms with van der Waals surface area (Å²) in [6.45, 7) is 6.46. The van der Waals surface area contributed by atoms with Crippen LogP contribution in [0.3, 0.4) is 0 Å². The molecule has 5 heteroatoms. The average Bonchev–Trinajstić information content (AvgIpc) is 2.85. The van der Waals surface area contributed by atoms with Crippen molar-refractivity contribution in [1.82, 2.24) is 5.16 Å². The van der Waals surface area contributed by atoms with Gasteiger partial charge in [0.1, 0.15) is 11.8 Å². The molecule has 0 unspecified atom stereocenters. The van der Waals surface area contributed by atoms with Crippen molar-refractivity contribution in [3.63, 3.8) is 0 Å². The second kappa shape index (κ2) is 7.04. The molecule has 0 aliphatic heterocycles. The quantitative estimate of drug-likeness (QED) is 0.852. The fraction of sp³-hybridized carbons (Fsp3) is 0.375. The maximum Gasteiger partial charge on any atom is 0.280 e. The van der Waals surface area contributed by atoms with Crippen LogP contribution in [-0.4, -0.2) is 17.6 Å². The molecule has 2 aromatic rings. The van der Waals surface area contributed by atoms with Crippen molar-refractivity contribution in [2.75, 3.05) is 11.9 Å². The number of benzene rings is 1. The fourth-order valence-corrected chi connectivity index (χ4v) is 2.32. The van der Waals surface area contributed by atoms with E-state index in [1.807, 2.05) is 18.2 Å². The second-order valence-corrected chi connectivity index (χ2v) is 5.49. The van der Waals surface area contributed by atoms with Gasteiger partial charge < -0.3 is 15.2 Å². The van der Waals surface area contributed by atoms with Crippen LogP contribution >= 0.6 is 0 Å². The van der Waals surface area contributed by atoms with Crippen LogP contribution in [-0.2, 0) is 4.79 Å². The highest BCUT2D eigenvalue weighted by Crippen LogP contribution is 2.16. The van der Waals surface area contributed by atoms with Crippen molar-refractivity contribution in [3.05, 3.63) is 47.7 Å². The molecule has 2 rings (SSSR count). The molecule has 0 spiro atoms. The molecule has 5 nitrogen and oxygen atoms in total. The molecule has 0 aliphatic carbocycles. The molecular weight excluding hydrogens is 266 g/mol. The lowest BCUT2D eigenvalue weighted by Gasteiger charge is -2.19. The van der Waals surface area contributed by atoms with Gasteiger partial charge in [-0.1, -0.05) is 49.3 Å². The van der Waals surface area contributed by atoms with Crippen LogP contribution in [0.15, 0.2) is 40.9 Å². The maximum absolute atomic E-state index is 12.0. The van der Waals surface area contributed by atoms with Gasteiger partial charge in [-0.15, -0.1) is 0 Å². The van der Waals surface area contributed by atoms with Gasteiger partial charge >= 0.3 is 0 Å². The Bertz CT molecular complexity index is 578. The van der Waals surface area contributed by atoms with Gasteiger partial charge in [0.2, 0.25) is 0 Å². The Balaban J connectivity index is 1.91. The lowest BCUT2D eigenvalue weighted by molar-refractivity contribution is -0.692. The number of quaternary nitrogens is 1. The summed E-state index contributed by atoms with van der Waals surface area (Å²) in [4.78, 5) is 12.0. The van der Waals surface area contributed by atoms with Gasteiger partial charge in [-0.2, -0.15) is 0 Å². The van der Waals surface area contributed by atoms with E-state index in [4.69, 9.17) is 4.52 Å². The second-order valence-electron chi connectivity index (χ2n) is 5.49. The third-order valence-electron chi connectivity index (χ3n) is 3.36. The summed E-state index contributed by atoms with van der Waals surface area (Å²) in [5.41, 5.74) is 1.23. The summed E-state index contributed by atoms with van der Waals surface area (Å²) in [5, 5.41) is 8.55. The van der Waals surface area contributed by atoms with Crippen LogP contribution in [0, 0.1) is 12.8 Å². The number of nitrogens with one attached hydrogen (secondary N) is 1. The molecule has 0 bridgehead atoms. The van der Waals surface area contributed by atoms with Crippen molar-refractivity contribution in [1.29, 1.82) is 0 Å². The number of carbonyl (C=O) groups excluding carboxylic acids is 1. The molecule has 1 amide bonds. The average molecular weight is 288 g/mol. The van der Waals surface area contributed by atoms with Gasteiger partial charge in [-0.25, -0.2) is 0 Å².